The van der Waals surface area contributed by atoms with Crippen LogP contribution in [-0.2, 0) is 24.9 Å². The van der Waals surface area contributed by atoms with Crippen LogP contribution < -0.4 is 0 Å². The molecule has 1 fully saturated rings. The fourth-order valence-corrected chi connectivity index (χ4v) is 3.57. The number of rotatable bonds is 3. The lowest BCUT2D eigenvalue weighted by Crippen LogP contribution is -2.40. The van der Waals surface area contributed by atoms with E-state index < -0.39 is 0 Å². The quantitative estimate of drug-likeness (QED) is 0.818. The number of hydrogen-bond donors (Lipinski definition) is 0. The Balaban J connectivity index is 1.50. The molecule has 25 heavy (non-hydrogen) atoms. The van der Waals surface area contributed by atoms with Gasteiger partial charge in [-0.05, 0) is 6.92 Å². The van der Waals surface area contributed by atoms with Gasteiger partial charge in [-0.3, -0.25) is 14.4 Å². The summed E-state index contributed by atoms with van der Waals surface area (Å²) in [4.78, 5) is 21.5. The molecule has 1 atom stereocenters. The Labute approximate surface area is 147 Å². The average Bonchev–Trinajstić information content (AvgIpc) is 3.24. The fraction of sp³-hybridized carbons (Fsp3) is 0.588. The van der Waals surface area contributed by atoms with Crippen molar-refractivity contribution in [3.8, 4) is 0 Å². The molecular weight excluding hydrogens is 320 g/mol. The highest BCUT2D eigenvalue weighted by molar-refractivity contribution is 5.92. The summed E-state index contributed by atoms with van der Waals surface area (Å²) < 4.78 is 9.27. The van der Waals surface area contributed by atoms with Crippen molar-refractivity contribution in [3.63, 3.8) is 0 Å². The molecule has 2 aromatic heterocycles. The van der Waals surface area contributed by atoms with Crippen LogP contribution in [0.25, 0.3) is 0 Å². The Morgan fingerprint density at radius 3 is 2.76 bits per heavy atom. The van der Waals surface area contributed by atoms with Crippen molar-refractivity contribution in [3.05, 3.63) is 35.7 Å². The van der Waals surface area contributed by atoms with Crippen LogP contribution >= 0.6 is 0 Å². The van der Waals surface area contributed by atoms with Crippen LogP contribution in [0.2, 0.25) is 0 Å². The van der Waals surface area contributed by atoms with E-state index in [1.54, 1.807) is 0 Å². The molecule has 0 N–H and O–H groups in total. The van der Waals surface area contributed by atoms with Crippen LogP contribution in [0, 0.1) is 0 Å². The van der Waals surface area contributed by atoms with E-state index in [0.717, 1.165) is 25.5 Å². The van der Waals surface area contributed by atoms with Crippen LogP contribution in [0.3, 0.4) is 0 Å². The Morgan fingerprint density at radius 2 is 2.04 bits per heavy atom. The van der Waals surface area contributed by atoms with Gasteiger partial charge in [-0.15, -0.1) is 0 Å². The highest BCUT2D eigenvalue weighted by Crippen LogP contribution is 2.26. The number of morpholine rings is 1. The number of ether oxygens (including phenoxy) is 1. The van der Waals surface area contributed by atoms with Crippen molar-refractivity contribution in [2.75, 3.05) is 32.8 Å². The summed E-state index contributed by atoms with van der Waals surface area (Å²) in [6, 6.07) is 0.167. The van der Waals surface area contributed by atoms with Crippen molar-refractivity contribution in [1.29, 1.82) is 0 Å². The molecule has 0 aromatic carbocycles. The monoisotopic (exact) mass is 344 g/mol. The van der Waals surface area contributed by atoms with Crippen LogP contribution in [0.15, 0.2) is 18.6 Å². The van der Waals surface area contributed by atoms with Crippen molar-refractivity contribution < 1.29 is 9.53 Å². The SMILES string of the molecule is C[C@H]1c2nc(C(=O)N3CCOCC3)cn2CCN1Cc1cnn(C)c1. The van der Waals surface area contributed by atoms with Crippen LogP contribution in [0.5, 0.6) is 0 Å². The normalized spacial score (nSPS) is 21.4. The van der Waals surface area contributed by atoms with Gasteiger partial charge in [0.05, 0.1) is 25.5 Å². The van der Waals surface area contributed by atoms with Crippen molar-refractivity contribution >= 4 is 5.91 Å². The third-order valence-corrected chi connectivity index (χ3v) is 5.02. The average molecular weight is 344 g/mol. The van der Waals surface area contributed by atoms with Gasteiger partial charge in [-0.2, -0.15) is 5.10 Å². The maximum atomic E-state index is 12.7. The van der Waals surface area contributed by atoms with E-state index in [4.69, 9.17) is 4.74 Å². The summed E-state index contributed by atoms with van der Waals surface area (Å²) in [6.45, 7) is 7.27. The summed E-state index contributed by atoms with van der Waals surface area (Å²) in [5.41, 5.74) is 1.74. The van der Waals surface area contributed by atoms with Gasteiger partial charge in [0.25, 0.3) is 5.91 Å². The predicted molar refractivity (Wildman–Crippen MR) is 91.0 cm³/mol. The van der Waals surface area contributed by atoms with Gasteiger partial charge in [0.1, 0.15) is 11.5 Å². The molecule has 2 aliphatic heterocycles. The summed E-state index contributed by atoms with van der Waals surface area (Å²) in [5, 5.41) is 4.24. The number of amides is 1. The number of hydrogen-bond acceptors (Lipinski definition) is 5. The minimum atomic E-state index is 0.0104. The second kappa shape index (κ2) is 6.61. The van der Waals surface area contributed by atoms with E-state index in [0.29, 0.717) is 32.0 Å². The molecule has 8 heteroatoms. The van der Waals surface area contributed by atoms with Gasteiger partial charge in [0.2, 0.25) is 0 Å². The first kappa shape index (κ1) is 16.3. The largest absolute Gasteiger partial charge is 0.378 e. The molecule has 0 aliphatic carbocycles. The fourth-order valence-electron chi connectivity index (χ4n) is 3.57. The maximum absolute atomic E-state index is 12.7. The second-order valence-corrected chi connectivity index (χ2v) is 6.75. The Hall–Kier alpha value is -2.19. The standard InChI is InChI=1S/C17H24N6O2/c1-13-16-19-15(17(24)21-5-7-25-8-6-21)12-23(16)4-3-22(13)11-14-9-18-20(2)10-14/h9-10,12-13H,3-8,11H2,1-2H3/t13-/m0/s1. The molecule has 4 rings (SSSR count). The van der Waals surface area contributed by atoms with Gasteiger partial charge in [-0.25, -0.2) is 4.98 Å². The zero-order valence-corrected chi connectivity index (χ0v) is 14.8. The van der Waals surface area contributed by atoms with Gasteiger partial charge in [-0.1, -0.05) is 0 Å². The van der Waals surface area contributed by atoms with Crippen molar-refractivity contribution in [1.82, 2.24) is 29.1 Å². The molecule has 0 bridgehead atoms. The number of aryl methyl sites for hydroxylation is 1. The first-order valence-electron chi connectivity index (χ1n) is 8.77. The van der Waals surface area contributed by atoms with Gasteiger partial charge in [0, 0.05) is 57.7 Å². The lowest BCUT2D eigenvalue weighted by Gasteiger charge is -2.33. The number of imidazole rings is 1. The van der Waals surface area contributed by atoms with Gasteiger partial charge < -0.3 is 14.2 Å². The summed E-state index contributed by atoms with van der Waals surface area (Å²) in [5.74, 6) is 0.975. The first-order valence-corrected chi connectivity index (χ1v) is 8.77. The first-order chi connectivity index (χ1) is 12.1. The lowest BCUT2D eigenvalue weighted by molar-refractivity contribution is 0.0299. The van der Waals surface area contributed by atoms with E-state index in [1.165, 1.54) is 5.56 Å². The highest BCUT2D eigenvalue weighted by Gasteiger charge is 2.29. The highest BCUT2D eigenvalue weighted by atomic mass is 16.5. The summed E-state index contributed by atoms with van der Waals surface area (Å²) in [6.07, 6.45) is 5.85. The molecule has 8 nitrogen and oxygen atoms in total. The number of aromatic nitrogens is 4. The zero-order chi connectivity index (χ0) is 17.4. The van der Waals surface area contributed by atoms with Gasteiger partial charge >= 0.3 is 0 Å². The topological polar surface area (TPSA) is 68.4 Å². The third-order valence-electron chi connectivity index (χ3n) is 5.02. The maximum Gasteiger partial charge on any atom is 0.274 e. The molecule has 0 saturated carbocycles. The molecule has 2 aromatic rings. The van der Waals surface area contributed by atoms with Crippen molar-refractivity contribution in [2.45, 2.75) is 26.1 Å². The van der Waals surface area contributed by atoms with E-state index in [9.17, 15) is 4.79 Å². The molecule has 2 aliphatic rings. The molecule has 1 saturated heterocycles. The van der Waals surface area contributed by atoms with Crippen LogP contribution in [-0.4, -0.2) is 67.9 Å². The zero-order valence-electron chi connectivity index (χ0n) is 14.8. The summed E-state index contributed by atoms with van der Waals surface area (Å²) in [7, 11) is 1.93. The number of fused-ring (bicyclic) bond motifs is 1. The van der Waals surface area contributed by atoms with Crippen LogP contribution in [0.1, 0.15) is 34.8 Å². The minimum Gasteiger partial charge on any atom is -0.378 e. The molecule has 4 heterocycles. The molecule has 0 spiro atoms. The molecule has 1 amide bonds. The lowest BCUT2D eigenvalue weighted by atomic mass is 10.2. The van der Waals surface area contributed by atoms with Gasteiger partial charge in [0.15, 0.2) is 0 Å². The van der Waals surface area contributed by atoms with Crippen molar-refractivity contribution in [2.24, 2.45) is 7.05 Å². The molecular formula is C17H24N6O2. The van der Waals surface area contributed by atoms with E-state index in [1.807, 2.05) is 35.2 Å². The molecule has 0 unspecified atom stereocenters. The third kappa shape index (κ3) is 3.19. The predicted octanol–water partition coefficient (Wildman–Crippen LogP) is 0.666. The summed E-state index contributed by atoms with van der Waals surface area (Å²) >= 11 is 0. The molecule has 134 valence electrons. The Kier molecular flexibility index (Phi) is 4.30. The number of carbonyl (C=O) groups excluding carboxylic acids is 1. The number of nitrogens with zero attached hydrogens (tertiary/aromatic N) is 6. The Bertz CT molecular complexity index is 761. The van der Waals surface area contributed by atoms with E-state index >= 15 is 0 Å². The van der Waals surface area contributed by atoms with Crippen LogP contribution in [0.4, 0.5) is 0 Å². The van der Waals surface area contributed by atoms with E-state index in [-0.39, 0.29) is 11.9 Å². The number of carbonyl (C=O) groups is 1. The van der Waals surface area contributed by atoms with E-state index in [2.05, 4.69) is 26.5 Å². The Morgan fingerprint density at radius 1 is 1.24 bits per heavy atom. The smallest absolute Gasteiger partial charge is 0.274 e. The molecule has 0 radical (unpaired) electrons. The second-order valence-electron chi connectivity index (χ2n) is 6.75. The minimum absolute atomic E-state index is 0.0104.